The molecule has 0 spiro atoms. The summed E-state index contributed by atoms with van der Waals surface area (Å²) in [7, 11) is -1.17. The first-order chi connectivity index (χ1) is 11.2. The Morgan fingerprint density at radius 3 is 2.58 bits per heavy atom. The molecule has 2 rings (SSSR count). The van der Waals surface area contributed by atoms with Gasteiger partial charge in [0.05, 0.1) is 12.3 Å². The van der Waals surface area contributed by atoms with Crippen molar-refractivity contribution in [3.8, 4) is 0 Å². The van der Waals surface area contributed by atoms with Gasteiger partial charge >= 0.3 is 0 Å². The summed E-state index contributed by atoms with van der Waals surface area (Å²) in [6.07, 6.45) is 0. The fourth-order valence-corrected chi connectivity index (χ4v) is 4.00. The van der Waals surface area contributed by atoms with Crippen LogP contribution in [0.25, 0.3) is 0 Å². The second-order valence-electron chi connectivity index (χ2n) is 6.93. The SMILES string of the molecule is C[SiH](C)OCn1c(C(C)(C)C)nc(CO)c1Sc1cccc(Cl)c1. The van der Waals surface area contributed by atoms with Gasteiger partial charge in [-0.1, -0.05) is 50.2 Å². The maximum absolute atomic E-state index is 9.78. The third kappa shape index (κ3) is 4.86. The second kappa shape index (κ2) is 8.06. The van der Waals surface area contributed by atoms with E-state index in [1.807, 2.05) is 24.3 Å². The minimum absolute atomic E-state index is 0.0991. The van der Waals surface area contributed by atoms with E-state index < -0.39 is 9.04 Å². The van der Waals surface area contributed by atoms with Gasteiger partial charge in [-0.25, -0.2) is 4.98 Å². The Hall–Kier alpha value is -0.793. The van der Waals surface area contributed by atoms with E-state index >= 15 is 0 Å². The summed E-state index contributed by atoms with van der Waals surface area (Å²) in [5, 5.41) is 11.4. The molecule has 132 valence electrons. The average Bonchev–Trinajstić information content (AvgIpc) is 2.83. The van der Waals surface area contributed by atoms with E-state index in [-0.39, 0.29) is 12.0 Å². The predicted octanol–water partition coefficient (Wildman–Crippen LogP) is 4.44. The van der Waals surface area contributed by atoms with E-state index in [1.165, 1.54) is 0 Å². The Morgan fingerprint density at radius 2 is 2.04 bits per heavy atom. The molecule has 0 amide bonds. The van der Waals surface area contributed by atoms with Crippen molar-refractivity contribution < 1.29 is 9.53 Å². The van der Waals surface area contributed by atoms with Crippen molar-refractivity contribution in [2.45, 2.75) is 62.5 Å². The first-order valence-corrected chi connectivity index (χ1v) is 12.0. The van der Waals surface area contributed by atoms with Gasteiger partial charge in [0.15, 0.2) is 9.04 Å². The fourth-order valence-electron chi connectivity index (χ4n) is 2.26. The summed E-state index contributed by atoms with van der Waals surface area (Å²) < 4.78 is 8.05. The van der Waals surface area contributed by atoms with Crippen LogP contribution >= 0.6 is 23.4 Å². The predicted molar refractivity (Wildman–Crippen MR) is 102 cm³/mol. The number of aromatic nitrogens is 2. The second-order valence-corrected chi connectivity index (χ2v) is 10.9. The molecule has 0 unspecified atom stereocenters. The molecule has 1 heterocycles. The van der Waals surface area contributed by atoms with Crippen LogP contribution in [0.15, 0.2) is 34.2 Å². The number of benzene rings is 1. The minimum atomic E-state index is -1.17. The molecule has 0 fully saturated rings. The molecule has 2 aromatic rings. The largest absolute Gasteiger partial charge is 0.403 e. The van der Waals surface area contributed by atoms with Gasteiger partial charge in [0.1, 0.15) is 17.6 Å². The first kappa shape index (κ1) is 19.5. The van der Waals surface area contributed by atoms with E-state index in [4.69, 9.17) is 21.0 Å². The topological polar surface area (TPSA) is 47.3 Å². The molecule has 1 aromatic heterocycles. The van der Waals surface area contributed by atoms with Crippen LogP contribution in [0.1, 0.15) is 32.3 Å². The van der Waals surface area contributed by atoms with Crippen molar-refractivity contribution in [1.82, 2.24) is 9.55 Å². The Morgan fingerprint density at radius 1 is 1.33 bits per heavy atom. The van der Waals surface area contributed by atoms with Gasteiger partial charge in [-0.05, 0) is 31.3 Å². The van der Waals surface area contributed by atoms with E-state index in [2.05, 4.69) is 38.4 Å². The lowest BCUT2D eigenvalue weighted by Crippen LogP contribution is -2.22. The standard InChI is InChI=1S/C17H25ClN2O2SSi/c1-17(2,3)16-19-14(10-21)15(20(16)11-22-24(4)5)23-13-8-6-7-12(18)9-13/h6-9,21,24H,10-11H2,1-5H3. The van der Waals surface area contributed by atoms with Crippen LogP contribution < -0.4 is 0 Å². The number of hydrogen-bond acceptors (Lipinski definition) is 4. The zero-order valence-corrected chi connectivity index (χ0v) is 17.6. The van der Waals surface area contributed by atoms with Crippen LogP contribution in [0.2, 0.25) is 18.1 Å². The van der Waals surface area contributed by atoms with Gasteiger partial charge in [0.2, 0.25) is 0 Å². The summed E-state index contributed by atoms with van der Waals surface area (Å²) in [6, 6.07) is 7.69. The molecule has 0 atom stereocenters. The lowest BCUT2D eigenvalue weighted by atomic mass is 9.96. The molecule has 1 aromatic carbocycles. The maximum Gasteiger partial charge on any atom is 0.173 e. The van der Waals surface area contributed by atoms with E-state index in [1.54, 1.807) is 11.8 Å². The summed E-state index contributed by atoms with van der Waals surface area (Å²) in [6.45, 7) is 11.0. The van der Waals surface area contributed by atoms with Gasteiger partial charge in [-0.2, -0.15) is 0 Å². The molecule has 0 radical (unpaired) electrons. The first-order valence-electron chi connectivity index (χ1n) is 7.98. The number of aliphatic hydroxyl groups excluding tert-OH is 1. The lowest BCUT2D eigenvalue weighted by Gasteiger charge is -2.22. The zero-order valence-electron chi connectivity index (χ0n) is 14.8. The summed E-state index contributed by atoms with van der Waals surface area (Å²) >= 11 is 7.66. The lowest BCUT2D eigenvalue weighted by molar-refractivity contribution is 0.218. The van der Waals surface area contributed by atoms with Crippen molar-refractivity contribution in [2.24, 2.45) is 0 Å². The molecule has 0 saturated heterocycles. The molecule has 0 bridgehead atoms. The maximum atomic E-state index is 9.78. The van der Waals surface area contributed by atoms with Crippen LogP contribution in [0.3, 0.4) is 0 Å². The van der Waals surface area contributed by atoms with E-state index in [0.29, 0.717) is 17.4 Å². The van der Waals surface area contributed by atoms with Crippen molar-refractivity contribution in [3.05, 3.63) is 40.8 Å². The molecule has 7 heteroatoms. The zero-order chi connectivity index (χ0) is 17.9. The van der Waals surface area contributed by atoms with Gasteiger partial charge < -0.3 is 9.53 Å². The highest BCUT2D eigenvalue weighted by atomic mass is 35.5. The van der Waals surface area contributed by atoms with Crippen molar-refractivity contribution in [3.63, 3.8) is 0 Å². The number of nitrogens with zero attached hydrogens (tertiary/aromatic N) is 2. The number of rotatable bonds is 6. The van der Waals surface area contributed by atoms with Crippen molar-refractivity contribution in [2.75, 3.05) is 0 Å². The molecule has 0 aliphatic carbocycles. The Bertz CT molecular complexity index is 698. The smallest absolute Gasteiger partial charge is 0.173 e. The van der Waals surface area contributed by atoms with Crippen molar-refractivity contribution >= 4 is 32.4 Å². The Kier molecular flexibility index (Phi) is 6.56. The Labute approximate surface area is 154 Å². The van der Waals surface area contributed by atoms with E-state index in [0.717, 1.165) is 15.7 Å². The normalized spacial score (nSPS) is 12.2. The van der Waals surface area contributed by atoms with Crippen LogP contribution in [0.5, 0.6) is 0 Å². The van der Waals surface area contributed by atoms with Crippen LogP contribution in [-0.2, 0) is 23.2 Å². The van der Waals surface area contributed by atoms with Crippen LogP contribution in [0.4, 0.5) is 0 Å². The molecule has 1 N–H and O–H groups in total. The van der Waals surface area contributed by atoms with Gasteiger partial charge in [-0.15, -0.1) is 0 Å². The summed E-state index contributed by atoms with van der Waals surface area (Å²) in [4.78, 5) is 5.71. The molecular formula is C17H25ClN2O2SSi. The highest BCUT2D eigenvalue weighted by Gasteiger charge is 2.26. The monoisotopic (exact) mass is 384 g/mol. The molecule has 24 heavy (non-hydrogen) atoms. The quantitative estimate of drug-likeness (QED) is 0.748. The highest BCUT2D eigenvalue weighted by molar-refractivity contribution is 7.99. The Balaban J connectivity index is 2.48. The van der Waals surface area contributed by atoms with E-state index in [9.17, 15) is 5.11 Å². The van der Waals surface area contributed by atoms with Crippen LogP contribution in [0, 0.1) is 0 Å². The van der Waals surface area contributed by atoms with Crippen molar-refractivity contribution in [1.29, 1.82) is 0 Å². The third-order valence-corrected chi connectivity index (χ3v) is 5.55. The number of halogens is 1. The third-order valence-electron chi connectivity index (χ3n) is 3.36. The number of hydrogen-bond donors (Lipinski definition) is 1. The average molecular weight is 385 g/mol. The molecule has 0 aliphatic rings. The number of aliphatic hydroxyl groups is 1. The fraction of sp³-hybridized carbons (Fsp3) is 0.471. The van der Waals surface area contributed by atoms with Crippen LogP contribution in [-0.4, -0.2) is 23.7 Å². The summed E-state index contributed by atoms with van der Waals surface area (Å²) in [5.74, 6) is 0.922. The summed E-state index contributed by atoms with van der Waals surface area (Å²) in [5.41, 5.74) is 0.540. The number of imidazole rings is 1. The highest BCUT2D eigenvalue weighted by Crippen LogP contribution is 2.35. The molecule has 0 aliphatic heterocycles. The molecular weight excluding hydrogens is 360 g/mol. The molecule has 4 nitrogen and oxygen atoms in total. The minimum Gasteiger partial charge on any atom is -0.403 e. The van der Waals surface area contributed by atoms with Gasteiger partial charge in [0.25, 0.3) is 0 Å². The van der Waals surface area contributed by atoms with Gasteiger partial charge in [0, 0.05) is 15.3 Å². The molecule has 0 saturated carbocycles. The van der Waals surface area contributed by atoms with Gasteiger partial charge in [-0.3, -0.25) is 4.57 Å².